The Hall–Kier alpha value is -2.39. The summed E-state index contributed by atoms with van der Waals surface area (Å²) in [6.45, 7) is 2.45. The van der Waals surface area contributed by atoms with Crippen LogP contribution in [0.3, 0.4) is 0 Å². The lowest BCUT2D eigenvalue weighted by molar-refractivity contribution is 0.313. The van der Waals surface area contributed by atoms with Gasteiger partial charge in [-0.15, -0.1) is 0 Å². The number of benzene rings is 1. The summed E-state index contributed by atoms with van der Waals surface area (Å²) in [4.78, 5) is 14.8. The Morgan fingerprint density at radius 2 is 2.09 bits per heavy atom. The second kappa shape index (κ2) is 8.30. The minimum atomic E-state index is -1.22. The van der Waals surface area contributed by atoms with Crippen molar-refractivity contribution in [3.63, 3.8) is 0 Å². The summed E-state index contributed by atoms with van der Waals surface area (Å²) in [5.41, 5.74) is 1.64. The number of nitrogens with one attached hydrogen (secondary N) is 1. The van der Waals surface area contributed by atoms with Gasteiger partial charge in [-0.1, -0.05) is 25.1 Å². The van der Waals surface area contributed by atoms with E-state index in [1.54, 1.807) is 18.2 Å². The van der Waals surface area contributed by atoms with Crippen molar-refractivity contribution in [3.05, 3.63) is 63.6 Å². The summed E-state index contributed by atoms with van der Waals surface area (Å²) in [5, 5.41) is 9.05. The van der Waals surface area contributed by atoms with E-state index in [4.69, 9.17) is 10.00 Å². The van der Waals surface area contributed by atoms with E-state index in [-0.39, 0.29) is 22.7 Å². The van der Waals surface area contributed by atoms with Gasteiger partial charge in [0.05, 0.1) is 29.7 Å². The molecule has 1 unspecified atom stereocenters. The van der Waals surface area contributed by atoms with Gasteiger partial charge in [0, 0.05) is 28.8 Å². The molecule has 1 aromatic carbocycles. The zero-order valence-electron chi connectivity index (χ0n) is 12.9. The van der Waals surface area contributed by atoms with Crippen LogP contribution >= 0.6 is 0 Å². The largest absolute Gasteiger partial charge is 0.488 e. The third-order valence-corrected chi connectivity index (χ3v) is 4.44. The van der Waals surface area contributed by atoms with Gasteiger partial charge in [-0.3, -0.25) is 9.00 Å². The highest BCUT2D eigenvalue weighted by Gasteiger charge is 2.09. The average Bonchev–Trinajstić information content (AvgIpc) is 2.54. The molecule has 5 nitrogen and oxygen atoms in total. The zero-order chi connectivity index (χ0) is 16.7. The van der Waals surface area contributed by atoms with Gasteiger partial charge in [-0.2, -0.15) is 5.26 Å². The van der Waals surface area contributed by atoms with Crippen molar-refractivity contribution in [2.75, 3.05) is 6.61 Å². The summed E-state index contributed by atoms with van der Waals surface area (Å²) in [6, 6.07) is 10.6. The van der Waals surface area contributed by atoms with Crippen LogP contribution in [0.2, 0.25) is 0 Å². The number of ether oxygens (including phenoxy) is 1. The van der Waals surface area contributed by atoms with Crippen LogP contribution in [-0.2, 0) is 22.3 Å². The lowest BCUT2D eigenvalue weighted by Gasteiger charge is -2.07. The maximum Gasteiger partial charge on any atom is 0.223 e. The van der Waals surface area contributed by atoms with Gasteiger partial charge in [0.25, 0.3) is 0 Å². The molecule has 0 aliphatic carbocycles. The Labute approximate surface area is 137 Å². The molecule has 0 fully saturated rings. The third kappa shape index (κ3) is 4.80. The SMILES string of the molecule is CCCOc1c[nH]c(CS(=O)Cc2ccccc2C#N)cc1=O. The molecule has 6 heteroatoms. The molecule has 23 heavy (non-hydrogen) atoms. The minimum absolute atomic E-state index is 0.221. The maximum atomic E-state index is 12.3. The van der Waals surface area contributed by atoms with E-state index in [2.05, 4.69) is 11.1 Å². The van der Waals surface area contributed by atoms with E-state index in [1.807, 2.05) is 13.0 Å². The summed E-state index contributed by atoms with van der Waals surface area (Å²) in [6.07, 6.45) is 2.33. The number of hydrogen-bond donors (Lipinski definition) is 1. The number of nitriles is 1. The van der Waals surface area contributed by atoms with Gasteiger partial charge in [-0.25, -0.2) is 0 Å². The Bertz CT molecular complexity index is 793. The summed E-state index contributed by atoms with van der Waals surface area (Å²) < 4.78 is 17.6. The highest BCUT2D eigenvalue weighted by molar-refractivity contribution is 7.83. The van der Waals surface area contributed by atoms with E-state index in [1.165, 1.54) is 12.3 Å². The maximum absolute atomic E-state index is 12.3. The van der Waals surface area contributed by atoms with Gasteiger partial charge >= 0.3 is 0 Å². The zero-order valence-corrected chi connectivity index (χ0v) is 13.7. The van der Waals surface area contributed by atoms with Crippen molar-refractivity contribution < 1.29 is 8.95 Å². The predicted molar refractivity (Wildman–Crippen MR) is 89.6 cm³/mol. The van der Waals surface area contributed by atoms with Crippen molar-refractivity contribution in [3.8, 4) is 11.8 Å². The van der Waals surface area contributed by atoms with Crippen LogP contribution in [0.25, 0.3) is 0 Å². The Balaban J connectivity index is 2.04. The Morgan fingerprint density at radius 1 is 1.30 bits per heavy atom. The molecule has 0 aliphatic heterocycles. The monoisotopic (exact) mass is 330 g/mol. The molecule has 120 valence electrons. The Morgan fingerprint density at radius 3 is 2.78 bits per heavy atom. The van der Waals surface area contributed by atoms with Crippen LogP contribution in [0.4, 0.5) is 0 Å². The second-order valence-electron chi connectivity index (χ2n) is 5.03. The molecule has 0 saturated carbocycles. The number of hydrogen-bond acceptors (Lipinski definition) is 4. The quantitative estimate of drug-likeness (QED) is 0.845. The fraction of sp³-hybridized carbons (Fsp3) is 0.294. The summed E-state index contributed by atoms with van der Waals surface area (Å²) >= 11 is 0. The number of nitrogens with zero attached hydrogens (tertiary/aromatic N) is 1. The van der Waals surface area contributed by atoms with E-state index in [0.717, 1.165) is 12.0 Å². The molecule has 1 heterocycles. The fourth-order valence-corrected chi connectivity index (χ4v) is 3.28. The predicted octanol–water partition coefficient (Wildman–Crippen LogP) is 2.48. The topological polar surface area (TPSA) is 82.9 Å². The van der Waals surface area contributed by atoms with Crippen molar-refractivity contribution in [1.82, 2.24) is 4.98 Å². The first-order valence-electron chi connectivity index (χ1n) is 7.31. The molecule has 1 N–H and O–H groups in total. The number of aromatic amines is 1. The Kier molecular flexibility index (Phi) is 6.12. The number of H-pyrrole nitrogens is 1. The molecule has 1 atom stereocenters. The smallest absolute Gasteiger partial charge is 0.223 e. The first-order valence-corrected chi connectivity index (χ1v) is 8.80. The van der Waals surface area contributed by atoms with E-state index >= 15 is 0 Å². The van der Waals surface area contributed by atoms with Crippen LogP contribution in [-0.4, -0.2) is 15.8 Å². The van der Waals surface area contributed by atoms with Crippen LogP contribution in [0.15, 0.2) is 41.3 Å². The van der Waals surface area contributed by atoms with Crippen molar-refractivity contribution in [1.29, 1.82) is 5.26 Å². The minimum Gasteiger partial charge on any atom is -0.488 e. The molecule has 0 spiro atoms. The highest BCUT2D eigenvalue weighted by Crippen LogP contribution is 2.12. The molecule has 2 rings (SSSR count). The highest BCUT2D eigenvalue weighted by atomic mass is 32.2. The molecule has 0 amide bonds. The molecule has 0 saturated heterocycles. The van der Waals surface area contributed by atoms with Gasteiger partial charge in [-0.05, 0) is 18.1 Å². The lowest BCUT2D eigenvalue weighted by atomic mass is 10.1. The van der Waals surface area contributed by atoms with Crippen LogP contribution in [0.5, 0.6) is 5.75 Å². The summed E-state index contributed by atoms with van der Waals surface area (Å²) in [5.74, 6) is 0.777. The van der Waals surface area contributed by atoms with Crippen LogP contribution < -0.4 is 10.2 Å². The number of aromatic nitrogens is 1. The average molecular weight is 330 g/mol. The lowest BCUT2D eigenvalue weighted by Crippen LogP contribution is -2.11. The normalized spacial score (nSPS) is 11.7. The first-order chi connectivity index (χ1) is 11.1. The summed E-state index contributed by atoms with van der Waals surface area (Å²) in [7, 11) is -1.22. The van der Waals surface area contributed by atoms with E-state index in [0.29, 0.717) is 17.9 Å². The van der Waals surface area contributed by atoms with Crippen molar-refractivity contribution in [2.45, 2.75) is 24.9 Å². The van der Waals surface area contributed by atoms with Gasteiger partial charge in [0.15, 0.2) is 5.75 Å². The molecule has 0 bridgehead atoms. The fourth-order valence-electron chi connectivity index (χ4n) is 2.06. The van der Waals surface area contributed by atoms with E-state index in [9.17, 15) is 9.00 Å². The van der Waals surface area contributed by atoms with Gasteiger partial charge in [0.1, 0.15) is 0 Å². The van der Waals surface area contributed by atoms with Gasteiger partial charge < -0.3 is 9.72 Å². The molecular formula is C17H18N2O3S. The first kappa shape index (κ1) is 17.0. The van der Waals surface area contributed by atoms with Crippen LogP contribution in [0, 0.1) is 11.3 Å². The molecule has 1 aromatic heterocycles. The second-order valence-corrected chi connectivity index (χ2v) is 6.49. The standard InChI is InChI=1S/C17H18N2O3S/c1-2-7-22-17-10-19-15(8-16(17)20)12-23(21)11-14-6-4-3-5-13(14)9-18/h3-6,8,10H,2,7,11-12H2,1H3,(H,19,20). The molecule has 0 radical (unpaired) electrons. The van der Waals surface area contributed by atoms with Crippen molar-refractivity contribution >= 4 is 10.8 Å². The van der Waals surface area contributed by atoms with E-state index < -0.39 is 10.8 Å². The van der Waals surface area contributed by atoms with Crippen molar-refractivity contribution in [2.24, 2.45) is 0 Å². The molecular weight excluding hydrogens is 312 g/mol. The molecule has 2 aromatic rings. The van der Waals surface area contributed by atoms with Crippen LogP contribution in [0.1, 0.15) is 30.2 Å². The molecule has 0 aliphatic rings. The number of pyridine rings is 1. The third-order valence-electron chi connectivity index (χ3n) is 3.17. The van der Waals surface area contributed by atoms with Gasteiger partial charge in [0.2, 0.25) is 5.43 Å². The number of rotatable bonds is 7.